The van der Waals surface area contributed by atoms with E-state index in [2.05, 4.69) is 0 Å². The maximum Gasteiger partial charge on any atom is 0.229 e. The van der Waals surface area contributed by atoms with Crippen LogP contribution in [0.1, 0.15) is 29.2 Å². The van der Waals surface area contributed by atoms with Crippen LogP contribution in [0.15, 0.2) is 30.3 Å². The van der Waals surface area contributed by atoms with Crippen LogP contribution in [0.4, 0.5) is 0 Å². The van der Waals surface area contributed by atoms with Gasteiger partial charge in [-0.2, -0.15) is 0 Å². The van der Waals surface area contributed by atoms with Gasteiger partial charge in [-0.25, -0.2) is 0 Å². The fourth-order valence-corrected chi connectivity index (χ4v) is 4.55. The number of aryl methyl sites for hydroxylation is 1. The molecule has 4 rings (SSSR count). The summed E-state index contributed by atoms with van der Waals surface area (Å²) in [6, 6.07) is 8.99. The number of methoxy groups -OCH3 is 2. The second kappa shape index (κ2) is 11.0. The van der Waals surface area contributed by atoms with Crippen molar-refractivity contribution in [1.29, 1.82) is 0 Å². The van der Waals surface area contributed by atoms with Gasteiger partial charge in [0.2, 0.25) is 6.29 Å². The Kier molecular flexibility index (Phi) is 8.00. The summed E-state index contributed by atoms with van der Waals surface area (Å²) >= 11 is 0. The molecular formula is C25H32O10. The van der Waals surface area contributed by atoms with Gasteiger partial charge in [0.25, 0.3) is 0 Å². The Morgan fingerprint density at radius 2 is 1.74 bits per heavy atom. The van der Waals surface area contributed by atoms with E-state index in [0.717, 1.165) is 11.1 Å². The van der Waals surface area contributed by atoms with Crippen LogP contribution in [0, 0.1) is 0 Å². The van der Waals surface area contributed by atoms with E-state index in [0.29, 0.717) is 47.8 Å². The largest absolute Gasteiger partial charge is 0.497 e. The lowest BCUT2D eigenvalue weighted by Crippen LogP contribution is -2.60. The van der Waals surface area contributed by atoms with Crippen molar-refractivity contribution in [3.05, 3.63) is 47.0 Å². The van der Waals surface area contributed by atoms with Crippen molar-refractivity contribution in [3.63, 3.8) is 0 Å². The average molecular weight is 493 g/mol. The van der Waals surface area contributed by atoms with E-state index in [-0.39, 0.29) is 6.61 Å². The van der Waals surface area contributed by atoms with Gasteiger partial charge >= 0.3 is 0 Å². The molecule has 2 aliphatic rings. The number of hydrogen-bond donors (Lipinski definition) is 5. The predicted molar refractivity (Wildman–Crippen MR) is 123 cm³/mol. The van der Waals surface area contributed by atoms with Gasteiger partial charge in [-0.1, -0.05) is 6.07 Å². The number of rotatable bonds is 8. The van der Waals surface area contributed by atoms with Gasteiger partial charge in [0.1, 0.15) is 53.5 Å². The molecule has 0 amide bonds. The smallest absolute Gasteiger partial charge is 0.229 e. The predicted octanol–water partition coefficient (Wildman–Crippen LogP) is 0.484. The summed E-state index contributed by atoms with van der Waals surface area (Å²) in [5.41, 5.74) is 2.45. The van der Waals surface area contributed by atoms with E-state index in [4.69, 9.17) is 23.7 Å². The number of fused-ring (bicyclic) bond motifs is 1. The van der Waals surface area contributed by atoms with Crippen molar-refractivity contribution in [1.82, 2.24) is 0 Å². The molecular weight excluding hydrogens is 460 g/mol. The zero-order valence-corrected chi connectivity index (χ0v) is 19.7. The van der Waals surface area contributed by atoms with E-state index < -0.39 is 43.4 Å². The van der Waals surface area contributed by atoms with Crippen LogP contribution in [0.3, 0.4) is 0 Å². The zero-order valence-electron chi connectivity index (χ0n) is 19.7. The van der Waals surface area contributed by atoms with Gasteiger partial charge in [0.05, 0.1) is 20.8 Å². The monoisotopic (exact) mass is 492 g/mol. The standard InChI is InChI=1S/C25H32O10/c1-31-14-5-6-15(19(11-14)34-25-23(30)22(29)21(28)20(12-27)35-25)18-8-4-13-3-7-17(32-2)16(9-10-26)24(13)33-18/h3,5-7,11,18,20-23,25-30H,4,8-10,12H2,1-2H3/t18-,20+,21+,22-,23+,25+/m0/s1. The summed E-state index contributed by atoms with van der Waals surface area (Å²) in [6.07, 6.45) is -5.77. The van der Waals surface area contributed by atoms with Crippen LogP contribution < -0.4 is 18.9 Å². The molecule has 1 fully saturated rings. The summed E-state index contributed by atoms with van der Waals surface area (Å²) < 4.78 is 28.7. The summed E-state index contributed by atoms with van der Waals surface area (Å²) in [5, 5.41) is 49.7. The van der Waals surface area contributed by atoms with Crippen LogP contribution in [0.25, 0.3) is 0 Å². The molecule has 2 heterocycles. The third kappa shape index (κ3) is 5.04. The summed E-state index contributed by atoms with van der Waals surface area (Å²) in [5.74, 6) is 2.08. The lowest BCUT2D eigenvalue weighted by atomic mass is 9.93. The van der Waals surface area contributed by atoms with Crippen LogP contribution in [0.5, 0.6) is 23.0 Å². The van der Waals surface area contributed by atoms with Gasteiger partial charge in [0.15, 0.2) is 0 Å². The molecule has 35 heavy (non-hydrogen) atoms. The minimum atomic E-state index is -1.56. The average Bonchev–Trinajstić information content (AvgIpc) is 2.89. The molecule has 0 aliphatic carbocycles. The summed E-state index contributed by atoms with van der Waals surface area (Å²) in [4.78, 5) is 0. The first kappa shape index (κ1) is 25.5. The van der Waals surface area contributed by atoms with Gasteiger partial charge in [-0.05, 0) is 36.6 Å². The summed E-state index contributed by atoms with van der Waals surface area (Å²) in [7, 11) is 3.08. The first-order valence-corrected chi connectivity index (χ1v) is 11.5. The molecule has 0 radical (unpaired) electrons. The minimum Gasteiger partial charge on any atom is -0.497 e. The van der Waals surface area contributed by atoms with Crippen LogP contribution in [0.2, 0.25) is 0 Å². The molecule has 6 atom stereocenters. The first-order chi connectivity index (χ1) is 16.9. The minimum absolute atomic E-state index is 0.0607. The Morgan fingerprint density at radius 1 is 0.943 bits per heavy atom. The van der Waals surface area contributed by atoms with Gasteiger partial charge in [-0.3, -0.25) is 0 Å². The summed E-state index contributed by atoms with van der Waals surface area (Å²) in [6.45, 7) is -0.622. The number of ether oxygens (including phenoxy) is 5. The Balaban J connectivity index is 1.66. The van der Waals surface area contributed by atoms with Crippen molar-refractivity contribution >= 4 is 0 Å². The Labute approximate surface area is 203 Å². The van der Waals surface area contributed by atoms with Crippen LogP contribution in [-0.4, -0.2) is 83.7 Å². The number of aliphatic hydroxyl groups is 5. The molecule has 2 aromatic rings. The molecule has 1 saturated heterocycles. The molecule has 5 N–H and O–H groups in total. The lowest BCUT2D eigenvalue weighted by Gasteiger charge is -2.40. The van der Waals surface area contributed by atoms with Crippen molar-refractivity contribution in [3.8, 4) is 23.0 Å². The maximum absolute atomic E-state index is 10.5. The molecule has 0 aromatic heterocycles. The van der Waals surface area contributed by atoms with E-state index >= 15 is 0 Å². The highest BCUT2D eigenvalue weighted by atomic mass is 16.7. The van der Waals surface area contributed by atoms with E-state index in [9.17, 15) is 25.5 Å². The van der Waals surface area contributed by atoms with Crippen molar-refractivity contribution < 1.29 is 49.2 Å². The maximum atomic E-state index is 10.5. The van der Waals surface area contributed by atoms with E-state index in [1.54, 1.807) is 25.3 Å². The molecule has 0 bridgehead atoms. The Morgan fingerprint density at radius 3 is 2.43 bits per heavy atom. The molecule has 0 saturated carbocycles. The molecule has 0 unspecified atom stereocenters. The highest BCUT2D eigenvalue weighted by Gasteiger charge is 2.45. The second-order valence-electron chi connectivity index (χ2n) is 8.57. The van der Waals surface area contributed by atoms with Crippen molar-refractivity contribution in [2.24, 2.45) is 0 Å². The molecule has 10 heteroatoms. The molecule has 2 aliphatic heterocycles. The molecule has 192 valence electrons. The van der Waals surface area contributed by atoms with E-state index in [1.807, 2.05) is 12.1 Å². The fraction of sp³-hybridized carbons (Fsp3) is 0.520. The molecule has 10 nitrogen and oxygen atoms in total. The molecule has 2 aromatic carbocycles. The van der Waals surface area contributed by atoms with Crippen LogP contribution in [-0.2, 0) is 17.6 Å². The van der Waals surface area contributed by atoms with Gasteiger partial charge in [0, 0.05) is 30.2 Å². The lowest BCUT2D eigenvalue weighted by molar-refractivity contribution is -0.277. The quantitative estimate of drug-likeness (QED) is 0.353. The number of hydrogen-bond acceptors (Lipinski definition) is 10. The number of aliphatic hydroxyl groups excluding tert-OH is 5. The normalized spacial score (nSPS) is 28.1. The Bertz CT molecular complexity index is 1010. The van der Waals surface area contributed by atoms with Crippen molar-refractivity contribution in [2.45, 2.75) is 56.1 Å². The van der Waals surface area contributed by atoms with Crippen LogP contribution >= 0.6 is 0 Å². The highest BCUT2D eigenvalue weighted by molar-refractivity contribution is 5.52. The molecule has 0 spiro atoms. The topological polar surface area (TPSA) is 147 Å². The van der Waals surface area contributed by atoms with E-state index in [1.165, 1.54) is 7.11 Å². The third-order valence-electron chi connectivity index (χ3n) is 6.48. The zero-order chi connectivity index (χ0) is 25.1. The third-order valence-corrected chi connectivity index (χ3v) is 6.48. The SMILES string of the molecule is COc1ccc([C@@H]2CCc3ccc(OC)c(CCO)c3O2)c(O[C@@H]2O[C@H](CO)[C@@H](O)[C@H](O)[C@H]2O)c1. The highest BCUT2D eigenvalue weighted by Crippen LogP contribution is 2.44. The Hall–Kier alpha value is -2.60. The number of benzene rings is 2. The van der Waals surface area contributed by atoms with Gasteiger partial charge < -0.3 is 49.2 Å². The van der Waals surface area contributed by atoms with Gasteiger partial charge in [-0.15, -0.1) is 0 Å². The first-order valence-electron chi connectivity index (χ1n) is 11.5. The fourth-order valence-electron chi connectivity index (χ4n) is 4.55. The van der Waals surface area contributed by atoms with Crippen molar-refractivity contribution in [2.75, 3.05) is 27.4 Å². The second-order valence-corrected chi connectivity index (χ2v) is 8.57.